The van der Waals surface area contributed by atoms with Gasteiger partial charge in [-0.3, -0.25) is 4.79 Å². The van der Waals surface area contributed by atoms with E-state index in [0.717, 1.165) is 21.7 Å². The first kappa shape index (κ1) is 12.9. The third kappa shape index (κ3) is 2.50. The molecule has 1 fully saturated rings. The van der Waals surface area contributed by atoms with Gasteiger partial charge >= 0.3 is 0 Å². The van der Waals surface area contributed by atoms with E-state index in [1.165, 1.54) is 0 Å². The van der Waals surface area contributed by atoms with Crippen LogP contribution < -0.4 is 4.90 Å². The zero-order valence-electron chi connectivity index (χ0n) is 9.91. The highest BCUT2D eigenvalue weighted by molar-refractivity contribution is 9.10. The van der Waals surface area contributed by atoms with Crippen LogP contribution in [-0.2, 0) is 4.79 Å². The number of nitrogens with zero attached hydrogens (tertiary/aromatic N) is 1. The van der Waals surface area contributed by atoms with Crippen LogP contribution in [0.1, 0.15) is 20.3 Å². The second-order valence-electron chi connectivity index (χ2n) is 4.53. The Bertz CT molecular complexity index is 449. The third-order valence-corrected chi connectivity index (χ3v) is 4.41. The van der Waals surface area contributed by atoms with Gasteiger partial charge in [0.15, 0.2) is 0 Å². The molecular formula is C13H15BrClNO. The van der Waals surface area contributed by atoms with Crippen molar-refractivity contribution in [3.05, 3.63) is 27.7 Å². The van der Waals surface area contributed by atoms with Gasteiger partial charge in [-0.15, -0.1) is 0 Å². The molecule has 4 heteroatoms. The number of Topliss-reactive ketones (excluding diaryl/α,β-unsaturated/α-hetero) is 1. The van der Waals surface area contributed by atoms with Crippen molar-refractivity contribution in [3.63, 3.8) is 0 Å². The Morgan fingerprint density at radius 2 is 2.12 bits per heavy atom. The van der Waals surface area contributed by atoms with Gasteiger partial charge in [-0.2, -0.15) is 0 Å². The smallest absolute Gasteiger partial charge is 0.139 e. The normalized spacial score (nSPS) is 25.2. The summed E-state index contributed by atoms with van der Waals surface area (Å²) in [7, 11) is 0. The van der Waals surface area contributed by atoms with Gasteiger partial charge in [0, 0.05) is 34.4 Å². The van der Waals surface area contributed by atoms with Crippen molar-refractivity contribution < 1.29 is 4.79 Å². The molecule has 17 heavy (non-hydrogen) atoms. The molecule has 1 aromatic carbocycles. The first-order valence-corrected chi connectivity index (χ1v) is 6.92. The van der Waals surface area contributed by atoms with Crippen molar-refractivity contribution in [1.82, 2.24) is 0 Å². The topological polar surface area (TPSA) is 20.3 Å². The Morgan fingerprint density at radius 3 is 2.76 bits per heavy atom. The lowest BCUT2D eigenvalue weighted by molar-refractivity contribution is -0.123. The van der Waals surface area contributed by atoms with Gasteiger partial charge in [-0.05, 0) is 41.1 Å². The second-order valence-corrected chi connectivity index (χ2v) is 5.83. The number of hydrogen-bond acceptors (Lipinski definition) is 2. The highest BCUT2D eigenvalue weighted by Gasteiger charge is 2.31. The molecule has 1 aromatic rings. The summed E-state index contributed by atoms with van der Waals surface area (Å²) in [5.74, 6) is 0.449. The van der Waals surface area contributed by atoms with Crippen LogP contribution in [-0.4, -0.2) is 18.4 Å². The quantitative estimate of drug-likeness (QED) is 0.783. The predicted octanol–water partition coefficient (Wildman–Crippen LogP) is 3.91. The maximum absolute atomic E-state index is 11.7. The van der Waals surface area contributed by atoms with Crippen molar-refractivity contribution in [1.29, 1.82) is 0 Å². The minimum absolute atomic E-state index is 0.0892. The average Bonchev–Trinajstić information content (AvgIpc) is 2.28. The van der Waals surface area contributed by atoms with Gasteiger partial charge in [0.2, 0.25) is 0 Å². The van der Waals surface area contributed by atoms with Crippen LogP contribution in [0.5, 0.6) is 0 Å². The Hall–Kier alpha value is -0.540. The minimum atomic E-state index is 0.0892. The summed E-state index contributed by atoms with van der Waals surface area (Å²) in [5, 5.41) is 0.717. The van der Waals surface area contributed by atoms with Crippen LogP contribution in [0.2, 0.25) is 5.02 Å². The maximum atomic E-state index is 11.7. The monoisotopic (exact) mass is 315 g/mol. The van der Waals surface area contributed by atoms with Crippen molar-refractivity contribution >= 4 is 39.0 Å². The summed E-state index contributed by atoms with van der Waals surface area (Å²) in [6.45, 7) is 4.89. The maximum Gasteiger partial charge on any atom is 0.139 e. The van der Waals surface area contributed by atoms with Gasteiger partial charge in [0.1, 0.15) is 5.78 Å². The molecule has 0 N–H and O–H groups in total. The Balaban J connectivity index is 2.31. The van der Waals surface area contributed by atoms with E-state index in [1.807, 2.05) is 25.1 Å². The number of carbonyl (C=O) groups is 1. The van der Waals surface area contributed by atoms with Crippen molar-refractivity contribution in [2.75, 3.05) is 11.4 Å². The van der Waals surface area contributed by atoms with E-state index in [0.29, 0.717) is 12.2 Å². The van der Waals surface area contributed by atoms with Crippen LogP contribution >= 0.6 is 27.5 Å². The van der Waals surface area contributed by atoms with Crippen molar-refractivity contribution in [2.24, 2.45) is 5.92 Å². The zero-order chi connectivity index (χ0) is 12.6. The van der Waals surface area contributed by atoms with Crippen LogP contribution in [0, 0.1) is 5.92 Å². The molecule has 1 saturated heterocycles. The van der Waals surface area contributed by atoms with E-state index < -0.39 is 0 Å². The molecule has 2 unspecified atom stereocenters. The van der Waals surface area contributed by atoms with Gasteiger partial charge < -0.3 is 4.90 Å². The average molecular weight is 317 g/mol. The number of rotatable bonds is 1. The summed E-state index contributed by atoms with van der Waals surface area (Å²) < 4.78 is 0.985. The third-order valence-electron chi connectivity index (χ3n) is 3.54. The van der Waals surface area contributed by atoms with E-state index in [1.54, 1.807) is 0 Å². The molecule has 0 aliphatic carbocycles. The number of halogens is 2. The number of benzene rings is 1. The molecule has 0 bridgehead atoms. The molecular weight excluding hydrogens is 302 g/mol. The van der Waals surface area contributed by atoms with Gasteiger partial charge in [-0.1, -0.05) is 18.5 Å². The lowest BCUT2D eigenvalue weighted by Crippen LogP contribution is -2.47. The summed E-state index contributed by atoms with van der Waals surface area (Å²) in [6, 6.07) is 6.01. The Kier molecular flexibility index (Phi) is 3.79. The summed E-state index contributed by atoms with van der Waals surface area (Å²) in [4.78, 5) is 13.9. The summed E-state index contributed by atoms with van der Waals surface area (Å²) in [5.41, 5.74) is 1.11. The number of ketones is 1. The molecule has 0 radical (unpaired) electrons. The molecule has 0 aromatic heterocycles. The van der Waals surface area contributed by atoms with Crippen LogP contribution in [0.25, 0.3) is 0 Å². The first-order valence-electron chi connectivity index (χ1n) is 5.75. The van der Waals surface area contributed by atoms with E-state index in [-0.39, 0.29) is 12.0 Å². The van der Waals surface area contributed by atoms with Crippen molar-refractivity contribution in [2.45, 2.75) is 26.3 Å². The van der Waals surface area contributed by atoms with Gasteiger partial charge in [0.25, 0.3) is 0 Å². The largest absolute Gasteiger partial charge is 0.367 e. The second kappa shape index (κ2) is 4.99. The van der Waals surface area contributed by atoms with E-state index >= 15 is 0 Å². The number of anilines is 1. The number of piperidine rings is 1. The van der Waals surface area contributed by atoms with E-state index in [2.05, 4.69) is 27.8 Å². The van der Waals surface area contributed by atoms with Crippen LogP contribution in [0.3, 0.4) is 0 Å². The number of hydrogen-bond donors (Lipinski definition) is 0. The molecule has 0 saturated carbocycles. The molecule has 92 valence electrons. The fourth-order valence-electron chi connectivity index (χ4n) is 2.25. The van der Waals surface area contributed by atoms with E-state index in [9.17, 15) is 4.79 Å². The Morgan fingerprint density at radius 1 is 1.41 bits per heavy atom. The van der Waals surface area contributed by atoms with E-state index in [4.69, 9.17) is 11.6 Å². The lowest BCUT2D eigenvalue weighted by atomic mass is 9.90. The highest BCUT2D eigenvalue weighted by Crippen LogP contribution is 2.34. The minimum Gasteiger partial charge on any atom is -0.367 e. The fourth-order valence-corrected chi connectivity index (χ4v) is 3.17. The highest BCUT2D eigenvalue weighted by atomic mass is 79.9. The van der Waals surface area contributed by atoms with Crippen LogP contribution in [0.4, 0.5) is 5.69 Å². The summed E-state index contributed by atoms with van der Waals surface area (Å²) >= 11 is 9.48. The molecule has 2 rings (SSSR count). The standard InChI is InChI=1S/C13H15BrClNO/c1-8-9(2)16(6-5-13(8)17)12-4-3-10(15)7-11(12)14/h3-4,7-9H,5-6H2,1-2H3. The molecule has 1 aliphatic rings. The fraction of sp³-hybridized carbons (Fsp3) is 0.462. The van der Waals surface area contributed by atoms with Crippen LogP contribution in [0.15, 0.2) is 22.7 Å². The molecule has 0 spiro atoms. The molecule has 2 nitrogen and oxygen atoms in total. The summed E-state index contributed by atoms with van der Waals surface area (Å²) in [6.07, 6.45) is 0.626. The first-order chi connectivity index (χ1) is 8.00. The molecule has 1 aliphatic heterocycles. The Labute approximate surface area is 115 Å². The number of carbonyl (C=O) groups excluding carboxylic acids is 1. The van der Waals surface area contributed by atoms with Crippen molar-refractivity contribution in [3.8, 4) is 0 Å². The molecule has 0 amide bonds. The van der Waals surface area contributed by atoms with Gasteiger partial charge in [-0.25, -0.2) is 0 Å². The molecule has 2 atom stereocenters. The predicted molar refractivity (Wildman–Crippen MR) is 74.7 cm³/mol. The van der Waals surface area contributed by atoms with Gasteiger partial charge in [0.05, 0.1) is 5.69 Å². The SMILES string of the molecule is CC1C(=O)CCN(c2ccc(Cl)cc2Br)C1C. The molecule has 1 heterocycles. The lowest BCUT2D eigenvalue weighted by Gasteiger charge is -2.39. The zero-order valence-corrected chi connectivity index (χ0v) is 12.3.